The van der Waals surface area contributed by atoms with E-state index in [1.54, 1.807) is 6.20 Å². The number of nitrogens with zero attached hydrogens (tertiary/aromatic N) is 2. The van der Waals surface area contributed by atoms with Gasteiger partial charge >= 0.3 is 6.18 Å². The number of fused-ring (bicyclic) bond motifs is 2. The molecule has 194 valence electrons. The molecule has 1 unspecified atom stereocenters. The number of alkyl halides is 3. The second kappa shape index (κ2) is 9.58. The Morgan fingerprint density at radius 2 is 1.76 bits per heavy atom. The number of aromatic nitrogens is 1. The van der Waals surface area contributed by atoms with E-state index in [9.17, 15) is 23.1 Å². The summed E-state index contributed by atoms with van der Waals surface area (Å²) >= 11 is 0. The normalized spacial score (nSPS) is 18.6. The summed E-state index contributed by atoms with van der Waals surface area (Å²) in [7, 11) is 0. The van der Waals surface area contributed by atoms with Crippen molar-refractivity contribution in [3.63, 3.8) is 0 Å². The van der Waals surface area contributed by atoms with Gasteiger partial charge in [-0.1, -0.05) is 50.2 Å². The molecular formula is C29H30F3N3O2. The highest BCUT2D eigenvalue weighted by Gasteiger charge is 2.39. The van der Waals surface area contributed by atoms with Crippen molar-refractivity contribution < 1.29 is 23.1 Å². The molecule has 0 fully saturated rings. The Kier molecular flexibility index (Phi) is 6.58. The van der Waals surface area contributed by atoms with E-state index in [-0.39, 0.29) is 24.5 Å². The second-order valence-corrected chi connectivity index (χ2v) is 10.6. The van der Waals surface area contributed by atoms with Crippen LogP contribution in [-0.4, -0.2) is 33.0 Å². The van der Waals surface area contributed by atoms with Crippen molar-refractivity contribution in [2.75, 3.05) is 6.61 Å². The number of amides is 1. The predicted molar refractivity (Wildman–Crippen MR) is 134 cm³/mol. The third kappa shape index (κ3) is 5.00. The summed E-state index contributed by atoms with van der Waals surface area (Å²) in [6, 6.07) is 15.1. The molecule has 2 aliphatic rings. The summed E-state index contributed by atoms with van der Waals surface area (Å²) in [5, 5.41) is 13.2. The molecule has 5 rings (SSSR count). The first-order valence-electron chi connectivity index (χ1n) is 12.5. The van der Waals surface area contributed by atoms with E-state index in [0.717, 1.165) is 40.1 Å². The summed E-state index contributed by atoms with van der Waals surface area (Å²) in [6.45, 7) is 5.03. The number of rotatable bonds is 6. The minimum atomic E-state index is -4.36. The number of carbonyl (C=O) groups is 1. The largest absolute Gasteiger partial charge is 0.416 e. The number of nitrogens with one attached hydrogen (secondary N) is 1. The van der Waals surface area contributed by atoms with E-state index in [2.05, 4.69) is 29.0 Å². The van der Waals surface area contributed by atoms with Gasteiger partial charge < -0.3 is 10.4 Å². The molecule has 8 heteroatoms. The fourth-order valence-electron chi connectivity index (χ4n) is 5.70. The van der Waals surface area contributed by atoms with E-state index < -0.39 is 17.3 Å². The Balaban J connectivity index is 1.33. The van der Waals surface area contributed by atoms with Crippen molar-refractivity contribution in [2.24, 2.45) is 5.92 Å². The van der Waals surface area contributed by atoms with Crippen LogP contribution in [0.15, 0.2) is 60.8 Å². The molecule has 1 aliphatic heterocycles. The van der Waals surface area contributed by atoms with Gasteiger partial charge in [-0.3, -0.25) is 14.7 Å². The Bertz CT molecular complexity index is 1280. The van der Waals surface area contributed by atoms with Gasteiger partial charge in [-0.25, -0.2) is 0 Å². The quantitative estimate of drug-likeness (QED) is 0.487. The lowest BCUT2D eigenvalue weighted by molar-refractivity contribution is -0.137. The zero-order chi connectivity index (χ0) is 26.4. The Hall–Kier alpha value is -3.23. The van der Waals surface area contributed by atoms with Crippen molar-refractivity contribution in [1.82, 2.24) is 15.2 Å². The van der Waals surface area contributed by atoms with Crippen LogP contribution in [0.3, 0.4) is 0 Å². The van der Waals surface area contributed by atoms with Crippen LogP contribution in [0.25, 0.3) is 0 Å². The van der Waals surface area contributed by atoms with E-state index in [1.165, 1.54) is 12.1 Å². The summed E-state index contributed by atoms with van der Waals surface area (Å²) in [6.07, 6.45) is -1.64. The molecule has 1 atom stereocenters. The lowest BCUT2D eigenvalue weighted by Gasteiger charge is -2.28. The van der Waals surface area contributed by atoms with Crippen molar-refractivity contribution in [2.45, 2.75) is 57.5 Å². The van der Waals surface area contributed by atoms with Crippen molar-refractivity contribution >= 4 is 5.91 Å². The second-order valence-electron chi connectivity index (χ2n) is 10.6. The minimum absolute atomic E-state index is 0.0116. The average Bonchev–Trinajstić information content (AvgIpc) is 3.41. The summed E-state index contributed by atoms with van der Waals surface area (Å²) in [5.41, 5.74) is 3.90. The van der Waals surface area contributed by atoms with Crippen LogP contribution in [0, 0.1) is 5.92 Å². The maximum absolute atomic E-state index is 13.2. The fourth-order valence-corrected chi connectivity index (χ4v) is 5.70. The van der Waals surface area contributed by atoms with Crippen molar-refractivity contribution in [3.05, 3.63) is 99.9 Å². The molecule has 1 amide bonds. The molecule has 0 saturated heterocycles. The third-order valence-corrected chi connectivity index (χ3v) is 7.47. The lowest BCUT2D eigenvalue weighted by Crippen LogP contribution is -2.52. The molecule has 0 saturated carbocycles. The molecule has 2 heterocycles. The zero-order valence-corrected chi connectivity index (χ0v) is 20.8. The van der Waals surface area contributed by atoms with Crippen molar-refractivity contribution in [3.8, 4) is 0 Å². The zero-order valence-electron chi connectivity index (χ0n) is 20.8. The molecule has 1 aromatic heterocycles. The Labute approximate surface area is 214 Å². The number of halogens is 3. The third-order valence-electron chi connectivity index (χ3n) is 7.47. The number of benzene rings is 2. The van der Waals surface area contributed by atoms with Crippen LogP contribution < -0.4 is 5.32 Å². The van der Waals surface area contributed by atoms with Crippen LogP contribution in [0.2, 0.25) is 0 Å². The Morgan fingerprint density at radius 1 is 1.11 bits per heavy atom. The highest BCUT2D eigenvalue weighted by molar-refractivity contribution is 5.94. The average molecular weight is 510 g/mol. The first-order chi connectivity index (χ1) is 17.6. The van der Waals surface area contributed by atoms with Crippen LogP contribution in [0.4, 0.5) is 13.2 Å². The van der Waals surface area contributed by atoms with Gasteiger partial charge in [-0.2, -0.15) is 13.2 Å². The number of carbonyl (C=O) groups excluding carboxylic acids is 1. The predicted octanol–water partition coefficient (Wildman–Crippen LogP) is 5.07. The van der Waals surface area contributed by atoms with Gasteiger partial charge in [0.2, 0.25) is 0 Å². The topological polar surface area (TPSA) is 65.5 Å². The van der Waals surface area contributed by atoms with Gasteiger partial charge in [0.05, 0.1) is 35.0 Å². The van der Waals surface area contributed by atoms with Gasteiger partial charge in [0.25, 0.3) is 5.91 Å². The molecule has 5 nitrogen and oxygen atoms in total. The summed E-state index contributed by atoms with van der Waals surface area (Å²) in [5.74, 6) is -0.0584. The standard InChI is InChI=1S/C29H30F3N3O2/c1-18(2)26-25-23(16-35(26)15-19-7-9-24(10-8-19)29(30,31)32)11-22(14-33-25)27(37)34-28(17-36)12-20-5-3-4-6-21(20)13-28/h3-11,14,18,26,36H,12-13,15-17H2,1-2H3,(H,34,37). The minimum Gasteiger partial charge on any atom is -0.394 e. The van der Waals surface area contributed by atoms with Crippen LogP contribution in [0.1, 0.15) is 63.8 Å². The molecule has 2 N–H and O–H groups in total. The van der Waals surface area contributed by atoms with Gasteiger partial charge in [0.1, 0.15) is 0 Å². The first-order valence-corrected chi connectivity index (χ1v) is 12.5. The van der Waals surface area contributed by atoms with Gasteiger partial charge in [-0.05, 0) is 59.2 Å². The monoisotopic (exact) mass is 509 g/mol. The maximum Gasteiger partial charge on any atom is 0.416 e. The van der Waals surface area contributed by atoms with Crippen molar-refractivity contribution in [1.29, 1.82) is 0 Å². The number of aliphatic hydroxyl groups excluding tert-OH is 1. The highest BCUT2D eigenvalue weighted by atomic mass is 19.4. The summed E-state index contributed by atoms with van der Waals surface area (Å²) in [4.78, 5) is 20.1. The van der Waals surface area contributed by atoms with Gasteiger partial charge in [-0.15, -0.1) is 0 Å². The Morgan fingerprint density at radius 3 is 2.32 bits per heavy atom. The fraction of sp³-hybridized carbons (Fsp3) is 0.379. The lowest BCUT2D eigenvalue weighted by atomic mass is 9.95. The molecule has 0 radical (unpaired) electrons. The maximum atomic E-state index is 13.2. The molecule has 0 spiro atoms. The van der Waals surface area contributed by atoms with Crippen LogP contribution in [-0.2, 0) is 32.1 Å². The molecule has 2 aromatic carbocycles. The number of hydrogen-bond donors (Lipinski definition) is 2. The highest BCUT2D eigenvalue weighted by Crippen LogP contribution is 2.39. The van der Waals surface area contributed by atoms with E-state index in [1.807, 2.05) is 30.3 Å². The van der Waals surface area contributed by atoms with Gasteiger partial charge in [0, 0.05) is 19.3 Å². The smallest absolute Gasteiger partial charge is 0.394 e. The van der Waals surface area contributed by atoms with E-state index >= 15 is 0 Å². The molecule has 0 bridgehead atoms. The number of pyridine rings is 1. The molecular weight excluding hydrogens is 479 g/mol. The molecule has 3 aromatic rings. The number of aliphatic hydroxyl groups is 1. The van der Waals surface area contributed by atoms with E-state index in [4.69, 9.17) is 0 Å². The van der Waals surface area contributed by atoms with Crippen LogP contribution >= 0.6 is 0 Å². The van der Waals surface area contributed by atoms with Gasteiger partial charge in [0.15, 0.2) is 0 Å². The SMILES string of the molecule is CC(C)C1c2ncc(C(=O)NC3(CO)Cc4ccccc4C3)cc2CN1Cc1ccc(C(F)(F)F)cc1. The summed E-state index contributed by atoms with van der Waals surface area (Å²) < 4.78 is 38.9. The van der Waals surface area contributed by atoms with E-state index in [0.29, 0.717) is 31.5 Å². The molecule has 37 heavy (non-hydrogen) atoms. The molecule has 1 aliphatic carbocycles. The van der Waals surface area contributed by atoms with Crippen LogP contribution in [0.5, 0.6) is 0 Å². The first kappa shape index (κ1) is 25.4. The number of hydrogen-bond acceptors (Lipinski definition) is 4.